The fourth-order valence-corrected chi connectivity index (χ4v) is 5.77. The summed E-state index contributed by atoms with van der Waals surface area (Å²) in [6, 6.07) is 8.65. The Balaban J connectivity index is 1.65. The van der Waals surface area contributed by atoms with Crippen LogP contribution < -0.4 is 15.1 Å². The Hall–Kier alpha value is -3.99. The van der Waals surface area contributed by atoms with Gasteiger partial charge in [0.05, 0.1) is 29.2 Å². The summed E-state index contributed by atoms with van der Waals surface area (Å²) in [5, 5.41) is 14.2. The van der Waals surface area contributed by atoms with E-state index in [9.17, 15) is 29.3 Å². The van der Waals surface area contributed by atoms with Crippen LogP contribution in [-0.2, 0) is 25.5 Å². The predicted molar refractivity (Wildman–Crippen MR) is 132 cm³/mol. The van der Waals surface area contributed by atoms with Crippen molar-refractivity contribution >= 4 is 52.5 Å². The van der Waals surface area contributed by atoms with E-state index >= 15 is 0 Å². The molecule has 5 rings (SSSR count). The number of barbiturate groups is 1. The molecule has 0 radical (unpaired) electrons. The Morgan fingerprint density at radius 2 is 1.95 bits per heavy atom. The third-order valence-electron chi connectivity index (χ3n) is 7.34. The standard InChI is InChI=1S/C25H23ClN4O7/c1-2-37-21(31)14-9-10-28-19-8-7-18(30(35)36)11-15(19)13-25(20(28)12-14)22(32)27-24(34)29(23(25)33)17-5-3-16(26)4-6-17/h3-8,11,14,20H,2,9-10,12-13H2,1H3,(H,27,32,34)/t14-,20-,25-/m0/s1. The summed E-state index contributed by atoms with van der Waals surface area (Å²) in [5.74, 6) is -2.54. The maximum Gasteiger partial charge on any atom is 0.335 e. The van der Waals surface area contributed by atoms with Gasteiger partial charge in [0, 0.05) is 35.8 Å². The smallest absolute Gasteiger partial charge is 0.335 e. The van der Waals surface area contributed by atoms with Crippen molar-refractivity contribution in [1.29, 1.82) is 0 Å². The van der Waals surface area contributed by atoms with E-state index in [2.05, 4.69) is 5.32 Å². The molecule has 2 aromatic rings. The molecule has 192 valence electrons. The molecule has 0 aliphatic carbocycles. The molecule has 0 saturated carbocycles. The van der Waals surface area contributed by atoms with Crippen LogP contribution in [0.15, 0.2) is 42.5 Å². The highest BCUT2D eigenvalue weighted by Gasteiger charge is 2.63. The van der Waals surface area contributed by atoms with Crippen molar-refractivity contribution in [3.63, 3.8) is 0 Å². The van der Waals surface area contributed by atoms with Crippen molar-refractivity contribution in [2.75, 3.05) is 23.0 Å². The fourth-order valence-electron chi connectivity index (χ4n) is 5.65. The topological polar surface area (TPSA) is 139 Å². The number of amides is 4. The van der Waals surface area contributed by atoms with Crippen LogP contribution in [0.25, 0.3) is 0 Å². The van der Waals surface area contributed by atoms with E-state index < -0.39 is 46.1 Å². The number of carbonyl (C=O) groups is 4. The summed E-state index contributed by atoms with van der Waals surface area (Å²) in [6.45, 7) is 2.21. The summed E-state index contributed by atoms with van der Waals surface area (Å²) >= 11 is 5.98. The number of nitrogens with zero attached hydrogens (tertiary/aromatic N) is 3. The minimum Gasteiger partial charge on any atom is -0.466 e. The van der Waals surface area contributed by atoms with Gasteiger partial charge >= 0.3 is 12.0 Å². The van der Waals surface area contributed by atoms with E-state index in [1.54, 1.807) is 13.0 Å². The molecule has 0 aromatic heterocycles. The van der Waals surface area contributed by atoms with E-state index in [0.29, 0.717) is 29.2 Å². The summed E-state index contributed by atoms with van der Waals surface area (Å²) in [5.41, 5.74) is -0.690. The van der Waals surface area contributed by atoms with Gasteiger partial charge in [-0.2, -0.15) is 0 Å². The average molecular weight is 527 g/mol. The Bertz CT molecular complexity index is 1330. The van der Waals surface area contributed by atoms with Gasteiger partial charge in [0.2, 0.25) is 5.91 Å². The number of ether oxygens (including phenoxy) is 1. The van der Waals surface area contributed by atoms with E-state index in [0.717, 1.165) is 4.90 Å². The van der Waals surface area contributed by atoms with Gasteiger partial charge in [-0.25, -0.2) is 9.69 Å². The third kappa shape index (κ3) is 3.90. The van der Waals surface area contributed by atoms with Crippen molar-refractivity contribution in [3.8, 4) is 0 Å². The normalized spacial score (nSPS) is 24.9. The minimum atomic E-state index is -1.82. The number of nitro groups is 1. The number of urea groups is 1. The van der Waals surface area contributed by atoms with Gasteiger partial charge < -0.3 is 9.64 Å². The first-order chi connectivity index (χ1) is 17.7. The maximum absolute atomic E-state index is 14.2. The average Bonchev–Trinajstić information content (AvgIpc) is 2.87. The van der Waals surface area contributed by atoms with Crippen molar-refractivity contribution in [2.45, 2.75) is 32.2 Å². The van der Waals surface area contributed by atoms with E-state index in [1.165, 1.54) is 36.4 Å². The van der Waals surface area contributed by atoms with Gasteiger partial charge in [-0.05, 0) is 55.7 Å². The SMILES string of the molecule is CCOC(=O)[C@H]1CCN2c3ccc([N+](=O)[O-])cc3C[C@@]3(C(=O)NC(=O)N(c4ccc(Cl)cc4)C3=O)[C@@H]2C1. The lowest BCUT2D eigenvalue weighted by molar-refractivity contribution is -0.384. The maximum atomic E-state index is 14.2. The number of esters is 1. The van der Waals surface area contributed by atoms with Gasteiger partial charge in [0.15, 0.2) is 5.41 Å². The molecule has 3 atom stereocenters. The first kappa shape index (κ1) is 24.7. The number of imide groups is 2. The van der Waals surface area contributed by atoms with Crippen LogP contribution in [0.5, 0.6) is 0 Å². The Kier molecular flexibility index (Phi) is 6.10. The van der Waals surface area contributed by atoms with Crippen molar-refractivity contribution in [3.05, 3.63) is 63.2 Å². The number of anilines is 2. The summed E-state index contributed by atoms with van der Waals surface area (Å²) in [6.07, 6.45) is 0.372. The molecule has 2 fully saturated rings. The second-order valence-electron chi connectivity index (χ2n) is 9.28. The molecule has 3 aliphatic rings. The predicted octanol–water partition coefficient (Wildman–Crippen LogP) is 3.22. The number of hydrogen-bond donors (Lipinski definition) is 1. The Morgan fingerprint density at radius 3 is 2.62 bits per heavy atom. The number of nitrogens with one attached hydrogen (secondary N) is 1. The molecule has 37 heavy (non-hydrogen) atoms. The van der Waals surface area contributed by atoms with Gasteiger partial charge in [0.1, 0.15) is 0 Å². The highest BCUT2D eigenvalue weighted by atomic mass is 35.5. The minimum absolute atomic E-state index is 0.136. The largest absolute Gasteiger partial charge is 0.466 e. The van der Waals surface area contributed by atoms with E-state index in [1.807, 2.05) is 4.90 Å². The van der Waals surface area contributed by atoms with Crippen LogP contribution in [0, 0.1) is 21.4 Å². The van der Waals surface area contributed by atoms with Crippen molar-refractivity contribution in [1.82, 2.24) is 5.32 Å². The molecule has 3 heterocycles. The summed E-state index contributed by atoms with van der Waals surface area (Å²) < 4.78 is 5.23. The molecular weight excluding hydrogens is 504 g/mol. The number of benzene rings is 2. The molecule has 1 N–H and O–H groups in total. The van der Waals surface area contributed by atoms with Gasteiger partial charge in [-0.3, -0.25) is 29.8 Å². The van der Waals surface area contributed by atoms with E-state index in [4.69, 9.17) is 16.3 Å². The monoisotopic (exact) mass is 526 g/mol. The second-order valence-corrected chi connectivity index (χ2v) is 9.71. The zero-order valence-electron chi connectivity index (χ0n) is 19.8. The number of halogens is 1. The molecule has 11 nitrogen and oxygen atoms in total. The quantitative estimate of drug-likeness (QED) is 0.277. The highest BCUT2D eigenvalue weighted by Crippen LogP contribution is 2.49. The van der Waals surface area contributed by atoms with Crippen LogP contribution in [0.2, 0.25) is 5.02 Å². The van der Waals surface area contributed by atoms with Gasteiger partial charge in [0.25, 0.3) is 11.6 Å². The molecular formula is C25H23ClN4O7. The number of carbonyl (C=O) groups excluding carboxylic acids is 4. The Morgan fingerprint density at radius 1 is 1.22 bits per heavy atom. The lowest BCUT2D eigenvalue weighted by Crippen LogP contribution is -2.73. The van der Waals surface area contributed by atoms with Gasteiger partial charge in [-0.15, -0.1) is 0 Å². The summed E-state index contributed by atoms with van der Waals surface area (Å²) in [4.78, 5) is 67.1. The van der Waals surface area contributed by atoms with Crippen LogP contribution >= 0.6 is 11.6 Å². The van der Waals surface area contributed by atoms with Gasteiger partial charge in [-0.1, -0.05) is 11.6 Å². The number of nitro benzene ring substituents is 1. The first-order valence-electron chi connectivity index (χ1n) is 11.8. The molecule has 4 amide bonds. The lowest BCUT2D eigenvalue weighted by Gasteiger charge is -2.54. The van der Waals surface area contributed by atoms with Crippen LogP contribution in [0.1, 0.15) is 25.3 Å². The fraction of sp³-hybridized carbons (Fsp3) is 0.360. The van der Waals surface area contributed by atoms with Crippen LogP contribution in [0.3, 0.4) is 0 Å². The number of hydrogen-bond acceptors (Lipinski definition) is 8. The summed E-state index contributed by atoms with van der Waals surface area (Å²) in [7, 11) is 0. The first-order valence-corrected chi connectivity index (χ1v) is 12.2. The van der Waals surface area contributed by atoms with Crippen LogP contribution in [-0.4, -0.2) is 47.9 Å². The van der Waals surface area contributed by atoms with Crippen molar-refractivity contribution < 1.29 is 28.8 Å². The molecule has 12 heteroatoms. The number of piperidine rings is 1. The molecule has 2 aromatic carbocycles. The van der Waals surface area contributed by atoms with E-state index in [-0.39, 0.29) is 30.8 Å². The second kappa shape index (κ2) is 9.15. The number of fused-ring (bicyclic) bond motifs is 4. The number of non-ortho nitro benzene ring substituents is 1. The molecule has 0 bridgehead atoms. The zero-order valence-corrected chi connectivity index (χ0v) is 20.6. The molecule has 3 aliphatic heterocycles. The third-order valence-corrected chi connectivity index (χ3v) is 7.59. The number of rotatable bonds is 4. The molecule has 0 unspecified atom stereocenters. The lowest BCUT2D eigenvalue weighted by atomic mass is 9.64. The molecule has 1 spiro atoms. The highest BCUT2D eigenvalue weighted by molar-refractivity contribution is 6.32. The zero-order chi connectivity index (χ0) is 26.5. The van der Waals surface area contributed by atoms with Crippen LogP contribution in [0.4, 0.5) is 21.9 Å². The Labute approximate surface area is 216 Å². The molecule has 2 saturated heterocycles. The van der Waals surface area contributed by atoms with Crippen molar-refractivity contribution in [2.24, 2.45) is 11.3 Å².